The third-order valence-corrected chi connectivity index (χ3v) is 6.25. The molecule has 0 aromatic carbocycles. The summed E-state index contributed by atoms with van der Waals surface area (Å²) >= 11 is 0. The number of nitrogens with zero attached hydrogens (tertiary/aromatic N) is 4. The molecule has 0 spiro atoms. The van der Waals surface area contributed by atoms with E-state index in [-0.39, 0.29) is 24.1 Å². The third-order valence-electron chi connectivity index (χ3n) is 6.25. The summed E-state index contributed by atoms with van der Waals surface area (Å²) in [5.74, 6) is 0.898. The van der Waals surface area contributed by atoms with Crippen molar-refractivity contribution < 1.29 is 19.4 Å². The van der Waals surface area contributed by atoms with Gasteiger partial charge in [0, 0.05) is 33.0 Å². The van der Waals surface area contributed by atoms with Crippen LogP contribution in [0.15, 0.2) is 36.3 Å². The van der Waals surface area contributed by atoms with E-state index in [9.17, 15) is 9.90 Å². The predicted molar refractivity (Wildman–Crippen MR) is 122 cm³/mol. The van der Waals surface area contributed by atoms with Crippen molar-refractivity contribution in [1.82, 2.24) is 24.8 Å². The number of fused-ring (bicyclic) bond motifs is 1. The maximum absolute atomic E-state index is 12.8. The normalized spacial score (nSPS) is 26.8. The Kier molecular flexibility index (Phi) is 5.92. The van der Waals surface area contributed by atoms with E-state index in [1.165, 1.54) is 6.20 Å². The molecule has 1 amide bonds. The summed E-state index contributed by atoms with van der Waals surface area (Å²) in [7, 11) is 3.41. The Balaban J connectivity index is 1.38. The summed E-state index contributed by atoms with van der Waals surface area (Å²) in [6.45, 7) is 1.35. The molecule has 176 valence electrons. The number of nitrogens with one attached hydrogen (secondary N) is 3. The number of aliphatic hydroxyl groups excluding tert-OH is 1. The van der Waals surface area contributed by atoms with Crippen LogP contribution in [0.3, 0.4) is 0 Å². The highest BCUT2D eigenvalue weighted by Crippen LogP contribution is 2.27. The lowest BCUT2D eigenvalue weighted by molar-refractivity contribution is -0.0257. The second-order valence-electron chi connectivity index (χ2n) is 8.44. The maximum Gasteiger partial charge on any atom is 0.257 e. The molecule has 3 aliphatic rings. The minimum atomic E-state index is -0.855. The molecule has 4 N–H and O–H groups in total. The van der Waals surface area contributed by atoms with Gasteiger partial charge in [0.05, 0.1) is 36.7 Å². The molecule has 1 saturated heterocycles. The number of carbonyl (C=O) groups excluding carboxylic acids is 1. The number of ether oxygens (including phenoxy) is 2. The Hall–Kier alpha value is -3.15. The molecule has 2 aromatic rings. The largest absolute Gasteiger partial charge is 0.379 e. The van der Waals surface area contributed by atoms with Crippen LogP contribution in [0.4, 0.5) is 11.6 Å². The van der Waals surface area contributed by atoms with E-state index in [2.05, 4.69) is 26.0 Å². The molecule has 2 aromatic heterocycles. The van der Waals surface area contributed by atoms with E-state index in [1.54, 1.807) is 24.7 Å². The van der Waals surface area contributed by atoms with Crippen molar-refractivity contribution in [2.24, 2.45) is 0 Å². The Bertz CT molecular complexity index is 1090. The lowest BCUT2D eigenvalue weighted by Crippen LogP contribution is -2.46. The van der Waals surface area contributed by atoms with Crippen molar-refractivity contribution in [1.29, 1.82) is 0 Å². The highest BCUT2D eigenvalue weighted by molar-refractivity contribution is 6.00. The monoisotopic (exact) mass is 455 g/mol. The lowest BCUT2D eigenvalue weighted by atomic mass is 10.1. The van der Waals surface area contributed by atoms with Crippen molar-refractivity contribution >= 4 is 23.2 Å². The average molecular weight is 456 g/mol. The van der Waals surface area contributed by atoms with Crippen LogP contribution in [-0.2, 0) is 9.47 Å². The van der Waals surface area contributed by atoms with Crippen LogP contribution < -0.4 is 16.0 Å². The zero-order valence-corrected chi connectivity index (χ0v) is 18.7. The standard InChI is InChI=1S/C22H29N7O4/c1-23-19-10-18(25-15-6-3-7-28(22(15)31)13-5-4-8-33-12-13)27-20-14(11-24-29(19)20)21(30)26-16-9-17(16)32-2/h3,6-7,10-11,13,16-17,22-23,31H,4-5,8-9,12H2,1-2H3,(H,25,27)(H,26,30)/t13-,16?,17?,22?/m0/s1. The highest BCUT2D eigenvalue weighted by Gasteiger charge is 2.39. The summed E-state index contributed by atoms with van der Waals surface area (Å²) in [6, 6.07) is 1.90. The lowest BCUT2D eigenvalue weighted by Gasteiger charge is -2.39. The van der Waals surface area contributed by atoms with Gasteiger partial charge in [0.15, 0.2) is 11.9 Å². The number of anilines is 2. The van der Waals surface area contributed by atoms with Crippen molar-refractivity contribution in [2.75, 3.05) is 38.0 Å². The van der Waals surface area contributed by atoms with E-state index in [0.29, 0.717) is 35.2 Å². The topological polar surface area (TPSA) is 125 Å². The first-order valence-corrected chi connectivity index (χ1v) is 11.2. The summed E-state index contributed by atoms with van der Waals surface area (Å²) < 4.78 is 12.4. The van der Waals surface area contributed by atoms with E-state index >= 15 is 0 Å². The van der Waals surface area contributed by atoms with Gasteiger partial charge < -0.3 is 35.4 Å². The molecule has 2 aliphatic heterocycles. The number of hydrogen-bond acceptors (Lipinski definition) is 9. The molecule has 1 saturated carbocycles. The Labute approximate surface area is 191 Å². The van der Waals surface area contributed by atoms with Gasteiger partial charge in [-0.1, -0.05) is 0 Å². The fourth-order valence-electron chi connectivity index (χ4n) is 4.30. The van der Waals surface area contributed by atoms with Gasteiger partial charge in [0.1, 0.15) is 17.2 Å². The fourth-order valence-corrected chi connectivity index (χ4v) is 4.30. The van der Waals surface area contributed by atoms with Gasteiger partial charge in [0.25, 0.3) is 5.91 Å². The zero-order valence-electron chi connectivity index (χ0n) is 18.7. The van der Waals surface area contributed by atoms with E-state index in [4.69, 9.17) is 9.47 Å². The van der Waals surface area contributed by atoms with Gasteiger partial charge in [-0.3, -0.25) is 4.79 Å². The Morgan fingerprint density at radius 1 is 1.39 bits per heavy atom. The zero-order chi connectivity index (χ0) is 22.9. The molecule has 0 bridgehead atoms. The van der Waals surface area contributed by atoms with Gasteiger partial charge in [0.2, 0.25) is 0 Å². The number of carbonyl (C=O) groups is 1. The van der Waals surface area contributed by atoms with E-state index < -0.39 is 6.23 Å². The molecule has 0 radical (unpaired) electrons. The minimum absolute atomic E-state index is 0.00612. The van der Waals surface area contributed by atoms with Gasteiger partial charge in [-0.05, 0) is 31.4 Å². The Morgan fingerprint density at radius 3 is 3.00 bits per heavy atom. The fraction of sp³-hybridized carbons (Fsp3) is 0.500. The van der Waals surface area contributed by atoms with Crippen molar-refractivity contribution in [3.63, 3.8) is 0 Å². The number of allylic oxidation sites excluding steroid dienone is 2. The first kappa shape index (κ1) is 21.7. The van der Waals surface area contributed by atoms with Gasteiger partial charge in [-0.25, -0.2) is 4.98 Å². The molecule has 5 rings (SSSR count). The first-order chi connectivity index (χ1) is 16.1. The van der Waals surface area contributed by atoms with Crippen LogP contribution in [0.5, 0.6) is 0 Å². The smallest absolute Gasteiger partial charge is 0.257 e. The van der Waals surface area contributed by atoms with Gasteiger partial charge in [-0.2, -0.15) is 9.61 Å². The summed E-state index contributed by atoms with van der Waals surface area (Å²) in [6.07, 6.45) is 9.03. The molecule has 11 nitrogen and oxygen atoms in total. The number of amides is 1. The summed E-state index contributed by atoms with van der Waals surface area (Å²) in [5.41, 5.74) is 1.37. The minimum Gasteiger partial charge on any atom is -0.379 e. The van der Waals surface area contributed by atoms with Gasteiger partial charge >= 0.3 is 0 Å². The number of aromatic nitrogens is 3. The van der Waals surface area contributed by atoms with E-state index in [0.717, 1.165) is 25.9 Å². The summed E-state index contributed by atoms with van der Waals surface area (Å²) in [4.78, 5) is 19.4. The number of hydrogen-bond donors (Lipinski definition) is 4. The second-order valence-corrected chi connectivity index (χ2v) is 8.44. The van der Waals surface area contributed by atoms with Crippen LogP contribution in [0.2, 0.25) is 0 Å². The third kappa shape index (κ3) is 4.26. The molecule has 33 heavy (non-hydrogen) atoms. The van der Waals surface area contributed by atoms with Crippen molar-refractivity contribution in [2.45, 2.75) is 43.7 Å². The number of aliphatic hydroxyl groups is 1. The van der Waals surface area contributed by atoms with Crippen LogP contribution >= 0.6 is 0 Å². The maximum atomic E-state index is 12.8. The molecule has 1 aliphatic carbocycles. The molecule has 4 heterocycles. The quantitative estimate of drug-likeness (QED) is 0.482. The first-order valence-electron chi connectivity index (χ1n) is 11.2. The van der Waals surface area contributed by atoms with Crippen LogP contribution in [0.25, 0.3) is 5.65 Å². The Morgan fingerprint density at radius 2 is 2.27 bits per heavy atom. The SMILES string of the molecule is CNc1cc(NC2=CC=CN([C@H]3CCCOC3)C2O)nc2c(C(=O)NC3CC3OC)cnn12. The molecular formula is C22H29N7O4. The number of methoxy groups -OCH3 is 1. The predicted octanol–water partition coefficient (Wildman–Crippen LogP) is 0.911. The van der Waals surface area contributed by atoms with Crippen LogP contribution in [0.1, 0.15) is 29.6 Å². The van der Waals surface area contributed by atoms with Gasteiger partial charge in [-0.15, -0.1) is 0 Å². The molecule has 3 unspecified atom stereocenters. The number of rotatable bonds is 7. The van der Waals surface area contributed by atoms with Crippen molar-refractivity contribution in [3.8, 4) is 0 Å². The van der Waals surface area contributed by atoms with Crippen LogP contribution in [-0.4, -0.2) is 82.3 Å². The van der Waals surface area contributed by atoms with Crippen LogP contribution in [0, 0.1) is 0 Å². The summed E-state index contributed by atoms with van der Waals surface area (Å²) in [5, 5.41) is 24.6. The molecule has 11 heteroatoms. The van der Waals surface area contributed by atoms with Crippen molar-refractivity contribution in [3.05, 3.63) is 41.9 Å². The van der Waals surface area contributed by atoms with E-state index in [1.807, 2.05) is 23.3 Å². The molecule has 4 atom stereocenters. The molecule has 2 fully saturated rings. The second kappa shape index (κ2) is 9.00. The average Bonchev–Trinajstić information content (AvgIpc) is 3.45. The highest BCUT2D eigenvalue weighted by atomic mass is 16.5. The molecular weight excluding hydrogens is 426 g/mol.